The normalized spacial score (nSPS) is 16.2. The number of hydrogen-bond donors (Lipinski definition) is 3. The summed E-state index contributed by atoms with van der Waals surface area (Å²) in [7, 11) is 1.47. The number of ether oxygens (including phenoxy) is 2. The Bertz CT molecular complexity index is 904. The first-order valence-corrected chi connectivity index (χ1v) is 9.96. The van der Waals surface area contributed by atoms with E-state index in [4.69, 9.17) is 9.47 Å². The number of fused-ring (bicyclic) bond motifs is 13. The SMILES string of the molecule is COc1cc2ccc1Oc1cc(F)cc(c1)CNC(=O)CCCNCCCNC2=O. The molecule has 3 N–H and O–H groups in total. The number of halogens is 1. The topological polar surface area (TPSA) is 88.7 Å². The van der Waals surface area contributed by atoms with Gasteiger partial charge in [-0.05, 0) is 61.8 Å². The van der Waals surface area contributed by atoms with Crippen molar-refractivity contribution in [1.82, 2.24) is 16.0 Å². The zero-order chi connectivity index (χ0) is 21.3. The summed E-state index contributed by atoms with van der Waals surface area (Å²) in [6.07, 6.45) is 1.85. The lowest BCUT2D eigenvalue weighted by molar-refractivity contribution is -0.121. The van der Waals surface area contributed by atoms with Crippen LogP contribution in [0.4, 0.5) is 4.39 Å². The maximum atomic E-state index is 14.1. The Kier molecular flexibility index (Phi) is 7.62. The smallest absolute Gasteiger partial charge is 0.251 e. The van der Waals surface area contributed by atoms with E-state index in [-0.39, 0.29) is 24.1 Å². The number of benzene rings is 2. The lowest BCUT2D eigenvalue weighted by atomic mass is 10.1. The maximum Gasteiger partial charge on any atom is 0.251 e. The van der Waals surface area contributed by atoms with E-state index >= 15 is 0 Å². The second-order valence-corrected chi connectivity index (χ2v) is 7.00. The van der Waals surface area contributed by atoms with Crippen LogP contribution in [0.2, 0.25) is 0 Å². The summed E-state index contributed by atoms with van der Waals surface area (Å²) in [5.74, 6) is 0.207. The number of nitrogens with one attached hydrogen (secondary N) is 3. The molecule has 2 aliphatic heterocycles. The molecule has 0 unspecified atom stereocenters. The van der Waals surface area contributed by atoms with Gasteiger partial charge in [0.15, 0.2) is 11.5 Å². The van der Waals surface area contributed by atoms with Crippen molar-refractivity contribution < 1.29 is 23.5 Å². The van der Waals surface area contributed by atoms with Crippen molar-refractivity contribution >= 4 is 11.8 Å². The number of amides is 2. The molecule has 0 atom stereocenters. The van der Waals surface area contributed by atoms with Crippen LogP contribution in [0, 0.1) is 5.82 Å². The van der Waals surface area contributed by atoms with Crippen molar-refractivity contribution in [3.8, 4) is 17.2 Å². The highest BCUT2D eigenvalue weighted by atomic mass is 19.1. The van der Waals surface area contributed by atoms with E-state index in [1.807, 2.05) is 0 Å². The Hall–Kier alpha value is -3.13. The highest BCUT2D eigenvalue weighted by molar-refractivity contribution is 5.94. The molecule has 0 aliphatic carbocycles. The Morgan fingerprint density at radius 1 is 1.00 bits per heavy atom. The van der Waals surface area contributed by atoms with Gasteiger partial charge in [-0.15, -0.1) is 0 Å². The summed E-state index contributed by atoms with van der Waals surface area (Å²) in [5, 5.41) is 8.92. The monoisotopic (exact) mass is 415 g/mol. The van der Waals surface area contributed by atoms with Gasteiger partial charge in [0.2, 0.25) is 5.91 Å². The van der Waals surface area contributed by atoms with Gasteiger partial charge in [-0.2, -0.15) is 0 Å². The second kappa shape index (κ2) is 10.6. The fourth-order valence-corrected chi connectivity index (χ4v) is 3.11. The van der Waals surface area contributed by atoms with Crippen molar-refractivity contribution in [3.63, 3.8) is 0 Å². The van der Waals surface area contributed by atoms with E-state index in [1.54, 1.807) is 24.3 Å². The fraction of sp³-hybridized carbons (Fsp3) is 0.364. The third-order valence-corrected chi connectivity index (χ3v) is 4.65. The van der Waals surface area contributed by atoms with Crippen molar-refractivity contribution in [2.24, 2.45) is 0 Å². The van der Waals surface area contributed by atoms with Crippen molar-refractivity contribution in [2.75, 3.05) is 26.7 Å². The predicted molar refractivity (Wildman–Crippen MR) is 110 cm³/mol. The molecule has 7 nitrogen and oxygen atoms in total. The lowest BCUT2D eigenvalue weighted by Crippen LogP contribution is -2.28. The first-order valence-electron chi connectivity index (χ1n) is 9.96. The zero-order valence-electron chi connectivity index (χ0n) is 16.9. The number of carbonyl (C=O) groups is 2. The van der Waals surface area contributed by atoms with E-state index < -0.39 is 5.82 Å². The number of carbonyl (C=O) groups excluding carboxylic acids is 2. The number of methoxy groups -OCH3 is 1. The fourth-order valence-electron chi connectivity index (χ4n) is 3.11. The molecule has 0 saturated carbocycles. The maximum absolute atomic E-state index is 14.1. The van der Waals surface area contributed by atoms with Crippen LogP contribution in [0.15, 0.2) is 36.4 Å². The van der Waals surface area contributed by atoms with E-state index in [2.05, 4.69) is 16.0 Å². The van der Waals surface area contributed by atoms with Gasteiger partial charge in [0.1, 0.15) is 11.6 Å². The van der Waals surface area contributed by atoms with Crippen molar-refractivity contribution in [1.29, 1.82) is 0 Å². The molecule has 2 heterocycles. The minimum atomic E-state index is -0.474. The van der Waals surface area contributed by atoms with Gasteiger partial charge in [0, 0.05) is 31.1 Å². The minimum Gasteiger partial charge on any atom is -0.493 e. The molecule has 2 aliphatic rings. The molecular weight excluding hydrogens is 389 g/mol. The van der Waals surface area contributed by atoms with Gasteiger partial charge in [-0.1, -0.05) is 0 Å². The molecule has 0 aromatic heterocycles. The van der Waals surface area contributed by atoms with E-state index in [1.165, 1.54) is 19.2 Å². The summed E-state index contributed by atoms with van der Waals surface area (Å²) in [4.78, 5) is 24.4. The third kappa shape index (κ3) is 6.18. The summed E-state index contributed by atoms with van der Waals surface area (Å²) in [5.41, 5.74) is 1.03. The number of hydrogen-bond acceptors (Lipinski definition) is 5. The molecule has 2 aromatic rings. The predicted octanol–water partition coefficient (Wildman–Crippen LogP) is 2.75. The van der Waals surface area contributed by atoms with Crippen LogP contribution in [0.25, 0.3) is 0 Å². The van der Waals surface area contributed by atoms with Crippen LogP contribution in [0.1, 0.15) is 35.2 Å². The Morgan fingerprint density at radius 3 is 2.67 bits per heavy atom. The molecule has 2 amide bonds. The molecule has 0 fully saturated rings. The van der Waals surface area contributed by atoms with Gasteiger partial charge in [0.05, 0.1) is 7.11 Å². The van der Waals surface area contributed by atoms with Crippen LogP contribution in [-0.2, 0) is 11.3 Å². The Morgan fingerprint density at radius 2 is 1.83 bits per heavy atom. The average Bonchev–Trinajstić information content (AvgIpc) is 2.73. The van der Waals surface area contributed by atoms with Crippen LogP contribution >= 0.6 is 0 Å². The third-order valence-electron chi connectivity index (χ3n) is 4.65. The summed E-state index contributed by atoms with van der Waals surface area (Å²) >= 11 is 0. The summed E-state index contributed by atoms with van der Waals surface area (Å²) in [6.45, 7) is 2.18. The first-order chi connectivity index (χ1) is 14.5. The summed E-state index contributed by atoms with van der Waals surface area (Å²) < 4.78 is 25.2. The number of rotatable bonds is 1. The molecule has 30 heavy (non-hydrogen) atoms. The van der Waals surface area contributed by atoms with Crippen molar-refractivity contribution in [3.05, 3.63) is 53.3 Å². The first kappa shape index (κ1) is 21.6. The molecule has 4 bridgehead atoms. The summed E-state index contributed by atoms with van der Waals surface area (Å²) in [6, 6.07) is 9.09. The molecule has 0 spiro atoms. The largest absolute Gasteiger partial charge is 0.493 e. The Labute approximate surface area is 174 Å². The highest BCUT2D eigenvalue weighted by Gasteiger charge is 2.13. The second-order valence-electron chi connectivity index (χ2n) is 7.00. The molecule has 0 saturated heterocycles. The quantitative estimate of drug-likeness (QED) is 0.667. The van der Waals surface area contributed by atoms with Crippen LogP contribution in [-0.4, -0.2) is 38.6 Å². The minimum absolute atomic E-state index is 0.0949. The molecule has 160 valence electrons. The van der Waals surface area contributed by atoms with Crippen molar-refractivity contribution in [2.45, 2.75) is 25.8 Å². The van der Waals surface area contributed by atoms with Gasteiger partial charge in [-0.3, -0.25) is 9.59 Å². The van der Waals surface area contributed by atoms with Gasteiger partial charge in [0.25, 0.3) is 5.91 Å². The molecule has 2 aromatic carbocycles. The van der Waals surface area contributed by atoms with Crippen LogP contribution in [0.3, 0.4) is 0 Å². The zero-order valence-corrected chi connectivity index (χ0v) is 16.9. The van der Waals surface area contributed by atoms with Gasteiger partial charge < -0.3 is 25.4 Å². The molecule has 0 radical (unpaired) electrons. The average molecular weight is 415 g/mol. The van der Waals surface area contributed by atoms with Crippen LogP contribution < -0.4 is 25.4 Å². The van der Waals surface area contributed by atoms with Gasteiger partial charge in [-0.25, -0.2) is 4.39 Å². The van der Waals surface area contributed by atoms with Gasteiger partial charge >= 0.3 is 0 Å². The van der Waals surface area contributed by atoms with E-state index in [0.29, 0.717) is 48.6 Å². The lowest BCUT2D eigenvalue weighted by Gasteiger charge is -2.14. The standard InChI is InChI=1S/C22H26FN3O4/c1-29-20-12-16-5-6-19(20)30-18-11-15(10-17(23)13-18)14-26-21(27)4-2-7-24-8-3-9-25-22(16)28/h5-6,10-13,24H,2-4,7-9,14H2,1H3,(H,25,28)(H,26,27). The van der Waals surface area contributed by atoms with E-state index in [9.17, 15) is 14.0 Å². The highest BCUT2D eigenvalue weighted by Crippen LogP contribution is 2.33. The van der Waals surface area contributed by atoms with E-state index in [0.717, 1.165) is 13.0 Å². The Balaban J connectivity index is 1.84. The van der Waals surface area contributed by atoms with Crippen LogP contribution in [0.5, 0.6) is 17.2 Å². The molecule has 4 rings (SSSR count). The molecule has 8 heteroatoms. The molecular formula is C22H26FN3O4.